The molecule has 3 saturated heterocycles. The van der Waals surface area contributed by atoms with Gasteiger partial charge in [0.25, 0.3) is 0 Å². The van der Waals surface area contributed by atoms with E-state index in [4.69, 9.17) is 35.7 Å². The number of alkyl halides is 1. The Kier molecular flexibility index (Phi) is 6.67. The molecule has 0 saturated carbocycles. The van der Waals surface area contributed by atoms with Gasteiger partial charge in [0.05, 0.1) is 28.3 Å². The summed E-state index contributed by atoms with van der Waals surface area (Å²) in [6.45, 7) is 2.87. The quantitative estimate of drug-likeness (QED) is 0.246. The van der Waals surface area contributed by atoms with Crippen molar-refractivity contribution in [1.82, 2.24) is 35.0 Å². The van der Waals surface area contributed by atoms with E-state index in [2.05, 4.69) is 25.0 Å². The van der Waals surface area contributed by atoms with Crippen LogP contribution in [0.5, 0.6) is 6.01 Å². The molecule has 3 fully saturated rings. The minimum Gasteiger partial charge on any atom is -0.461 e. The molecule has 9 heterocycles. The summed E-state index contributed by atoms with van der Waals surface area (Å²) in [5, 5.41) is 8.91. The van der Waals surface area contributed by atoms with Gasteiger partial charge in [-0.1, -0.05) is 11.6 Å². The Balaban J connectivity index is 1.23. The fraction of sp³-hybridized carbons (Fsp3) is 0.485. The van der Waals surface area contributed by atoms with Crippen molar-refractivity contribution < 1.29 is 17.9 Å². The number of rotatable bonds is 3. The summed E-state index contributed by atoms with van der Waals surface area (Å²) in [5.41, 5.74) is 2.83. The maximum absolute atomic E-state index is 17.0. The van der Waals surface area contributed by atoms with Crippen LogP contribution in [0.1, 0.15) is 61.6 Å². The number of nitrogens with zero attached hydrogens (tertiary/aromatic N) is 7. The van der Waals surface area contributed by atoms with Crippen LogP contribution in [0, 0.1) is 5.82 Å². The summed E-state index contributed by atoms with van der Waals surface area (Å²) in [4.78, 5) is 23.5. The van der Waals surface area contributed by atoms with Crippen molar-refractivity contribution in [3.05, 3.63) is 52.7 Å². The standard InChI is InChI=1S/C33H33ClF2N8O2/c34-23-10-24-21(13-38-42-24)27-20(23)5-1-6-26-39-25(16-45-26)18-4-2-8-43(14-18)31-22-12-37-30(27)28(36)29(22)40-32(41-31)46-17-33-7-3-9-44(33)15-19(35)11-33/h10,12-13,16,18-19H,1-9,11,14-15,17H2,(H,38,42)/t18-,19+,33-/m0/s1. The zero-order valence-electron chi connectivity index (χ0n) is 25.2. The van der Waals surface area contributed by atoms with Gasteiger partial charge in [-0.3, -0.25) is 15.0 Å². The van der Waals surface area contributed by atoms with Crippen LogP contribution < -0.4 is 9.64 Å². The van der Waals surface area contributed by atoms with E-state index >= 15 is 4.39 Å². The van der Waals surface area contributed by atoms with E-state index < -0.39 is 17.5 Å². The Morgan fingerprint density at radius 3 is 2.96 bits per heavy atom. The molecule has 10 nitrogen and oxygen atoms in total. The molecule has 0 amide bonds. The summed E-state index contributed by atoms with van der Waals surface area (Å²) < 4.78 is 43.8. The van der Waals surface area contributed by atoms with Crippen molar-refractivity contribution in [2.75, 3.05) is 37.7 Å². The average Bonchev–Trinajstić information content (AvgIpc) is 3.85. The van der Waals surface area contributed by atoms with Gasteiger partial charge in [-0.2, -0.15) is 15.1 Å². The first-order valence-electron chi connectivity index (χ1n) is 16.2. The van der Waals surface area contributed by atoms with E-state index in [1.54, 1.807) is 18.7 Å². The number of H-pyrrole nitrogens is 1. The molecular formula is C33H33ClF2N8O2. The number of piperidine rings is 1. The molecule has 8 bridgehead atoms. The van der Waals surface area contributed by atoms with Gasteiger partial charge in [0.15, 0.2) is 11.7 Å². The second-order valence-electron chi connectivity index (χ2n) is 13.2. The minimum absolute atomic E-state index is 0.0776. The second kappa shape index (κ2) is 10.8. The van der Waals surface area contributed by atoms with Crippen molar-refractivity contribution in [3.8, 4) is 17.3 Å². The first-order chi connectivity index (χ1) is 22.5. The molecular weight excluding hydrogens is 614 g/mol. The van der Waals surface area contributed by atoms with Crippen molar-refractivity contribution >= 4 is 39.2 Å². The molecule has 10 rings (SSSR count). The SMILES string of the molecule is Fc1c2ncc3c(nc(OC[C@@]45CCCN4C[C@H](F)C5)nc13)N1CCC[C@@H](C1)c1coc(n1)CCCc1c(Cl)cc3[nH]ncc3c1-2. The Bertz CT molecular complexity index is 1980. The topological polar surface area (TPSA) is 109 Å². The largest absolute Gasteiger partial charge is 0.461 e. The van der Waals surface area contributed by atoms with Crippen molar-refractivity contribution in [3.63, 3.8) is 0 Å². The van der Waals surface area contributed by atoms with Crippen LogP contribution in [-0.2, 0) is 12.8 Å². The average molecular weight is 647 g/mol. The third kappa shape index (κ3) is 4.55. The van der Waals surface area contributed by atoms with Crippen LogP contribution in [0.2, 0.25) is 5.02 Å². The van der Waals surface area contributed by atoms with E-state index in [1.807, 2.05) is 6.07 Å². The van der Waals surface area contributed by atoms with Gasteiger partial charge in [0.1, 0.15) is 36.1 Å². The zero-order chi connectivity index (χ0) is 31.0. The first-order valence-corrected chi connectivity index (χ1v) is 16.6. The lowest BCUT2D eigenvalue weighted by Gasteiger charge is -2.34. The number of pyridine rings is 1. The molecule has 5 aromatic rings. The monoisotopic (exact) mass is 646 g/mol. The van der Waals surface area contributed by atoms with Crippen LogP contribution in [-0.4, -0.2) is 79.5 Å². The van der Waals surface area contributed by atoms with Crippen LogP contribution >= 0.6 is 11.6 Å². The molecule has 46 heavy (non-hydrogen) atoms. The predicted molar refractivity (Wildman–Crippen MR) is 169 cm³/mol. The second-order valence-corrected chi connectivity index (χ2v) is 13.6. The number of aromatic amines is 1. The van der Waals surface area contributed by atoms with E-state index in [-0.39, 0.29) is 29.7 Å². The van der Waals surface area contributed by atoms with Gasteiger partial charge in [-0.15, -0.1) is 0 Å². The van der Waals surface area contributed by atoms with Crippen LogP contribution in [0.25, 0.3) is 33.1 Å². The van der Waals surface area contributed by atoms with Crippen molar-refractivity contribution in [1.29, 1.82) is 0 Å². The summed E-state index contributed by atoms with van der Waals surface area (Å²) in [7, 11) is 0. The molecule has 1 aromatic carbocycles. The predicted octanol–water partition coefficient (Wildman–Crippen LogP) is 6.18. The van der Waals surface area contributed by atoms with E-state index in [9.17, 15) is 4.39 Å². The number of anilines is 1. The highest BCUT2D eigenvalue weighted by atomic mass is 35.5. The van der Waals surface area contributed by atoms with Crippen LogP contribution in [0.4, 0.5) is 14.6 Å². The fourth-order valence-corrected chi connectivity index (χ4v) is 8.52. The molecule has 0 unspecified atom stereocenters. The summed E-state index contributed by atoms with van der Waals surface area (Å²) in [6.07, 6.45) is 10.2. The highest BCUT2D eigenvalue weighted by molar-refractivity contribution is 6.33. The number of benzene rings is 1. The van der Waals surface area contributed by atoms with E-state index in [0.717, 1.165) is 55.4 Å². The Labute approximate surface area is 268 Å². The molecule has 13 heteroatoms. The lowest BCUT2D eigenvalue weighted by atomic mass is 9.94. The molecule has 0 radical (unpaired) electrons. The number of halogens is 3. The highest BCUT2D eigenvalue weighted by Crippen LogP contribution is 2.43. The Morgan fingerprint density at radius 2 is 2.02 bits per heavy atom. The number of hydrogen-bond donors (Lipinski definition) is 1. The maximum Gasteiger partial charge on any atom is 0.319 e. The number of fused-ring (bicyclic) bond motifs is 5. The molecule has 3 atom stereocenters. The fourth-order valence-electron chi connectivity index (χ4n) is 8.22. The zero-order valence-corrected chi connectivity index (χ0v) is 26.0. The number of aryl methyl sites for hydroxylation is 1. The molecule has 1 N–H and O–H groups in total. The third-order valence-electron chi connectivity index (χ3n) is 10.4. The van der Waals surface area contributed by atoms with Crippen LogP contribution in [0.15, 0.2) is 29.1 Å². The molecule has 5 aliphatic rings. The van der Waals surface area contributed by atoms with Gasteiger partial charge in [-0.25, -0.2) is 13.8 Å². The van der Waals surface area contributed by atoms with E-state index in [0.29, 0.717) is 72.0 Å². The summed E-state index contributed by atoms with van der Waals surface area (Å²) >= 11 is 6.86. The van der Waals surface area contributed by atoms with Crippen molar-refractivity contribution in [2.45, 2.75) is 69.0 Å². The maximum atomic E-state index is 17.0. The molecule has 0 aliphatic carbocycles. The normalized spacial score (nSPS) is 24.7. The lowest BCUT2D eigenvalue weighted by Crippen LogP contribution is -2.43. The van der Waals surface area contributed by atoms with Gasteiger partial charge >= 0.3 is 6.01 Å². The van der Waals surface area contributed by atoms with Gasteiger partial charge in [0, 0.05) is 60.6 Å². The highest BCUT2D eigenvalue weighted by Gasteiger charge is 2.49. The first kappa shape index (κ1) is 28.3. The molecule has 0 spiro atoms. The number of aromatic nitrogens is 6. The van der Waals surface area contributed by atoms with E-state index in [1.165, 1.54) is 0 Å². The van der Waals surface area contributed by atoms with Crippen molar-refractivity contribution in [2.24, 2.45) is 0 Å². The molecule has 4 aromatic heterocycles. The number of hydrogen-bond acceptors (Lipinski definition) is 9. The van der Waals surface area contributed by atoms with Gasteiger partial charge < -0.3 is 14.1 Å². The minimum atomic E-state index is -0.885. The Hall–Kier alpha value is -3.90. The number of nitrogens with one attached hydrogen (secondary N) is 1. The third-order valence-corrected chi connectivity index (χ3v) is 10.8. The molecule has 5 aliphatic heterocycles. The summed E-state index contributed by atoms with van der Waals surface area (Å²) in [5.74, 6) is 0.796. The van der Waals surface area contributed by atoms with Crippen LogP contribution in [0.3, 0.4) is 0 Å². The number of ether oxygens (including phenoxy) is 1. The Morgan fingerprint density at radius 1 is 1.09 bits per heavy atom. The number of oxazole rings is 1. The summed E-state index contributed by atoms with van der Waals surface area (Å²) in [6, 6.07) is 1.90. The smallest absolute Gasteiger partial charge is 0.319 e. The molecule has 238 valence electrons. The van der Waals surface area contributed by atoms with Gasteiger partial charge in [-0.05, 0) is 56.7 Å². The van der Waals surface area contributed by atoms with Gasteiger partial charge in [0.2, 0.25) is 0 Å². The lowest BCUT2D eigenvalue weighted by molar-refractivity contribution is 0.107.